The summed E-state index contributed by atoms with van der Waals surface area (Å²) in [5.74, 6) is -0.348. The minimum Gasteiger partial charge on any atom is -0.396 e. The van der Waals surface area contributed by atoms with Crippen LogP contribution in [0, 0.1) is 21.8 Å². The molecule has 0 heterocycles. The van der Waals surface area contributed by atoms with Crippen molar-refractivity contribution in [1.29, 1.82) is 0 Å². The first-order valence-corrected chi connectivity index (χ1v) is 8.77. The Bertz CT molecular complexity index is 777. The topological polar surface area (TPSA) is 80.4 Å². The highest BCUT2D eigenvalue weighted by atomic mass is 32.2. The summed E-state index contributed by atoms with van der Waals surface area (Å²) < 4.78 is 13.7. The van der Waals surface area contributed by atoms with Crippen molar-refractivity contribution < 1.29 is 19.2 Å². The van der Waals surface area contributed by atoms with E-state index in [2.05, 4.69) is 0 Å². The Kier molecular flexibility index (Phi) is 6.66. The van der Waals surface area contributed by atoms with Gasteiger partial charge in [-0.25, -0.2) is 4.39 Å². The minimum absolute atomic E-state index is 0.0405. The average Bonchev–Trinajstić information content (AvgIpc) is 2.63. The molecular weight excluding hydrogens is 345 g/mol. The second-order valence-electron chi connectivity index (χ2n) is 5.54. The number of hydrogen-bond donors (Lipinski definition) is 1. The quantitative estimate of drug-likeness (QED) is 0.331. The average molecular weight is 363 g/mol. The van der Waals surface area contributed by atoms with Crippen molar-refractivity contribution in [3.63, 3.8) is 0 Å². The number of carbonyl (C=O) groups is 1. The largest absolute Gasteiger partial charge is 0.396 e. The van der Waals surface area contributed by atoms with E-state index in [9.17, 15) is 24.4 Å². The summed E-state index contributed by atoms with van der Waals surface area (Å²) in [5.41, 5.74) is 0.108. The van der Waals surface area contributed by atoms with Crippen LogP contribution >= 0.6 is 11.8 Å². The van der Waals surface area contributed by atoms with E-state index in [-0.39, 0.29) is 29.3 Å². The second-order valence-corrected chi connectivity index (χ2v) is 6.61. The van der Waals surface area contributed by atoms with E-state index in [1.807, 2.05) is 6.92 Å². The van der Waals surface area contributed by atoms with E-state index in [1.54, 1.807) is 0 Å². The van der Waals surface area contributed by atoms with Gasteiger partial charge >= 0.3 is 0 Å². The number of ketones is 1. The molecule has 25 heavy (non-hydrogen) atoms. The lowest BCUT2D eigenvalue weighted by molar-refractivity contribution is -0.384. The normalized spacial score (nSPS) is 12.0. The molecule has 2 rings (SSSR count). The van der Waals surface area contributed by atoms with Gasteiger partial charge in [-0.05, 0) is 24.1 Å². The van der Waals surface area contributed by atoms with Gasteiger partial charge in [0.25, 0.3) is 5.69 Å². The third-order valence-electron chi connectivity index (χ3n) is 3.82. The Balaban J connectivity index is 2.33. The molecule has 0 fully saturated rings. The van der Waals surface area contributed by atoms with Crippen LogP contribution in [0.4, 0.5) is 10.1 Å². The van der Waals surface area contributed by atoms with Gasteiger partial charge in [0.15, 0.2) is 5.78 Å². The Hall–Kier alpha value is -2.25. The second kappa shape index (κ2) is 8.73. The van der Waals surface area contributed by atoms with Gasteiger partial charge in [0.1, 0.15) is 5.82 Å². The number of aliphatic hydroxyl groups is 1. The lowest BCUT2D eigenvalue weighted by atomic mass is 10.0. The van der Waals surface area contributed by atoms with Crippen molar-refractivity contribution >= 4 is 23.2 Å². The molecule has 1 atom stereocenters. The minimum atomic E-state index is -0.578. The molecule has 1 unspecified atom stereocenters. The van der Waals surface area contributed by atoms with Crippen molar-refractivity contribution in [2.24, 2.45) is 5.92 Å². The highest BCUT2D eigenvalue weighted by molar-refractivity contribution is 7.99. The molecule has 5 nitrogen and oxygen atoms in total. The van der Waals surface area contributed by atoms with Gasteiger partial charge in [0, 0.05) is 40.5 Å². The zero-order valence-corrected chi connectivity index (χ0v) is 14.5. The maximum absolute atomic E-state index is 13.7. The van der Waals surface area contributed by atoms with E-state index < -0.39 is 16.5 Å². The van der Waals surface area contributed by atoms with E-state index >= 15 is 0 Å². The first kappa shape index (κ1) is 19.1. The van der Waals surface area contributed by atoms with Crippen molar-refractivity contribution in [1.82, 2.24) is 0 Å². The van der Waals surface area contributed by atoms with E-state index in [1.165, 1.54) is 48.2 Å². The molecule has 0 aliphatic rings. The lowest BCUT2D eigenvalue weighted by Gasteiger charge is -2.13. The number of thioether (sulfide) groups is 1. The van der Waals surface area contributed by atoms with Gasteiger partial charge in [-0.1, -0.05) is 25.5 Å². The molecule has 0 saturated heterocycles. The van der Waals surface area contributed by atoms with Gasteiger partial charge < -0.3 is 5.11 Å². The molecule has 0 bridgehead atoms. The lowest BCUT2D eigenvalue weighted by Crippen LogP contribution is -2.09. The summed E-state index contributed by atoms with van der Waals surface area (Å²) in [5, 5.41) is 20.2. The van der Waals surface area contributed by atoms with Crippen LogP contribution in [0.1, 0.15) is 29.3 Å². The first-order valence-electron chi connectivity index (χ1n) is 7.78. The Morgan fingerprint density at radius 2 is 2.08 bits per heavy atom. The molecule has 0 aliphatic heterocycles. The molecule has 2 aromatic carbocycles. The highest BCUT2D eigenvalue weighted by Crippen LogP contribution is 2.29. The fourth-order valence-corrected chi connectivity index (χ4v) is 3.46. The van der Waals surface area contributed by atoms with Crippen LogP contribution < -0.4 is 0 Å². The summed E-state index contributed by atoms with van der Waals surface area (Å²) in [4.78, 5) is 23.6. The molecule has 0 saturated carbocycles. The highest BCUT2D eigenvalue weighted by Gasteiger charge is 2.18. The number of benzene rings is 2. The first-order chi connectivity index (χ1) is 12.0. The van der Waals surface area contributed by atoms with Crippen LogP contribution in [-0.2, 0) is 0 Å². The predicted octanol–water partition coefficient (Wildman–Crippen LogP) is 4.08. The molecular formula is C18H18FNO4S. The molecule has 0 radical (unpaired) electrons. The van der Waals surface area contributed by atoms with Gasteiger partial charge in [0.2, 0.25) is 0 Å². The van der Waals surface area contributed by atoms with Crippen LogP contribution in [0.2, 0.25) is 0 Å². The number of nitrogens with zero attached hydrogens (tertiary/aromatic N) is 1. The molecule has 2 aromatic rings. The summed E-state index contributed by atoms with van der Waals surface area (Å²) in [6, 6.07) is 9.31. The third kappa shape index (κ3) is 4.87. The maximum Gasteiger partial charge on any atom is 0.270 e. The summed E-state index contributed by atoms with van der Waals surface area (Å²) >= 11 is 1.37. The number of aliphatic hydroxyl groups excluding tert-OH is 1. The SMILES string of the molecule is CCC(CO)CSc1ccc(F)cc1C(=O)c1cccc([N+](=O)[O-])c1. The van der Waals surface area contributed by atoms with E-state index in [0.717, 1.165) is 12.5 Å². The Morgan fingerprint density at radius 1 is 1.32 bits per heavy atom. The molecule has 7 heteroatoms. The smallest absolute Gasteiger partial charge is 0.270 e. The van der Waals surface area contributed by atoms with Gasteiger partial charge in [-0.2, -0.15) is 0 Å². The molecule has 0 aromatic heterocycles. The number of nitro groups is 1. The van der Waals surface area contributed by atoms with Crippen LogP contribution in [0.5, 0.6) is 0 Å². The number of nitro benzene ring substituents is 1. The maximum atomic E-state index is 13.7. The van der Waals surface area contributed by atoms with E-state index in [4.69, 9.17) is 0 Å². The number of hydrogen-bond acceptors (Lipinski definition) is 5. The molecule has 0 spiro atoms. The summed E-state index contributed by atoms with van der Waals surface area (Å²) in [6.45, 7) is 2.00. The summed E-state index contributed by atoms with van der Waals surface area (Å²) in [6.07, 6.45) is 0.791. The fourth-order valence-electron chi connectivity index (χ4n) is 2.23. The zero-order valence-electron chi connectivity index (χ0n) is 13.6. The molecule has 0 amide bonds. The van der Waals surface area contributed by atoms with Crippen molar-refractivity contribution in [2.75, 3.05) is 12.4 Å². The van der Waals surface area contributed by atoms with Crippen LogP contribution in [0.15, 0.2) is 47.4 Å². The zero-order chi connectivity index (χ0) is 18.4. The molecule has 0 aliphatic carbocycles. The van der Waals surface area contributed by atoms with Gasteiger partial charge in [-0.3, -0.25) is 14.9 Å². The number of halogens is 1. The van der Waals surface area contributed by atoms with Crippen molar-refractivity contribution in [2.45, 2.75) is 18.2 Å². The molecule has 1 N–H and O–H groups in total. The van der Waals surface area contributed by atoms with Crippen LogP contribution in [0.25, 0.3) is 0 Å². The van der Waals surface area contributed by atoms with Crippen LogP contribution in [-0.4, -0.2) is 28.2 Å². The third-order valence-corrected chi connectivity index (χ3v) is 5.12. The monoisotopic (exact) mass is 363 g/mol. The Labute approximate surface area is 149 Å². The number of non-ortho nitro benzene ring substituents is 1. The van der Waals surface area contributed by atoms with Crippen molar-refractivity contribution in [3.8, 4) is 0 Å². The van der Waals surface area contributed by atoms with Gasteiger partial charge in [0.05, 0.1) is 4.92 Å². The number of carbonyl (C=O) groups excluding carboxylic acids is 1. The summed E-state index contributed by atoms with van der Waals surface area (Å²) in [7, 11) is 0. The van der Waals surface area contributed by atoms with Crippen LogP contribution in [0.3, 0.4) is 0 Å². The standard InChI is InChI=1S/C18H18FNO4S/c1-2-12(10-21)11-25-17-7-6-14(19)9-16(17)18(22)13-4-3-5-15(8-13)20(23)24/h3-9,12,21H,2,10-11H2,1H3. The fraction of sp³-hybridized carbons (Fsp3) is 0.278. The molecule has 132 valence electrons. The Morgan fingerprint density at radius 3 is 2.72 bits per heavy atom. The van der Waals surface area contributed by atoms with Gasteiger partial charge in [-0.15, -0.1) is 11.8 Å². The number of rotatable bonds is 8. The van der Waals surface area contributed by atoms with E-state index in [0.29, 0.717) is 10.6 Å². The predicted molar refractivity (Wildman–Crippen MR) is 94.5 cm³/mol. The van der Waals surface area contributed by atoms with Crippen molar-refractivity contribution in [3.05, 3.63) is 69.5 Å².